The molecule has 2 aliphatic rings. The standard InChI is InChI=1S/C30H45N3O4/c1-20(2)16-24(28(36)30(5)13-14-30)32-29(37)23(17-22-10-7-6-8-11-22)18-26(34)25-12-9-15-33(25)27(35)19-31-21(3)4/h6-8,10-11,20-21,23-25,31H,9,12-19H2,1-5H3,(H,32,37)/t23-,24+,25+/m1/s1. The van der Waals surface area contributed by atoms with E-state index in [0.717, 1.165) is 24.8 Å². The van der Waals surface area contributed by atoms with E-state index in [0.29, 0.717) is 25.8 Å². The summed E-state index contributed by atoms with van der Waals surface area (Å²) in [6, 6.07) is 8.81. The summed E-state index contributed by atoms with van der Waals surface area (Å²) in [5, 5.41) is 6.19. The maximum absolute atomic E-state index is 13.6. The topological polar surface area (TPSA) is 95.6 Å². The van der Waals surface area contributed by atoms with Crippen LogP contribution in [0.25, 0.3) is 0 Å². The van der Waals surface area contributed by atoms with Crippen molar-refractivity contribution in [3.8, 4) is 0 Å². The molecule has 1 aliphatic carbocycles. The molecule has 1 saturated heterocycles. The lowest BCUT2D eigenvalue weighted by atomic mass is 9.88. The van der Waals surface area contributed by atoms with Crippen LogP contribution in [0.4, 0.5) is 0 Å². The zero-order valence-electron chi connectivity index (χ0n) is 23.2. The number of nitrogens with one attached hydrogen (secondary N) is 2. The number of hydrogen-bond acceptors (Lipinski definition) is 5. The quantitative estimate of drug-likeness (QED) is 0.397. The molecule has 7 nitrogen and oxygen atoms in total. The predicted octanol–water partition coefficient (Wildman–Crippen LogP) is 3.69. The molecule has 204 valence electrons. The highest BCUT2D eigenvalue weighted by Gasteiger charge is 2.48. The summed E-state index contributed by atoms with van der Waals surface area (Å²) in [6.07, 6.45) is 4.17. The predicted molar refractivity (Wildman–Crippen MR) is 145 cm³/mol. The van der Waals surface area contributed by atoms with Gasteiger partial charge in [-0.25, -0.2) is 0 Å². The number of likely N-dealkylation sites (tertiary alicyclic amines) is 1. The van der Waals surface area contributed by atoms with Crippen LogP contribution < -0.4 is 10.6 Å². The Bertz CT molecular complexity index is 955. The normalized spacial score (nSPS) is 20.1. The van der Waals surface area contributed by atoms with Gasteiger partial charge in [0.25, 0.3) is 0 Å². The highest BCUT2D eigenvalue weighted by Crippen LogP contribution is 2.47. The zero-order chi connectivity index (χ0) is 27.2. The van der Waals surface area contributed by atoms with Crippen LogP contribution in [-0.4, -0.2) is 59.5 Å². The van der Waals surface area contributed by atoms with Gasteiger partial charge in [-0.1, -0.05) is 65.0 Å². The number of nitrogens with zero attached hydrogens (tertiary/aromatic N) is 1. The molecule has 7 heteroatoms. The SMILES string of the molecule is CC(C)C[C@H](NC(=O)[C@@H](CC(=O)[C@@H]1CCCN1C(=O)CNC(C)C)Cc1ccccc1)C(=O)C1(C)CC1. The first-order chi connectivity index (χ1) is 17.5. The zero-order valence-corrected chi connectivity index (χ0v) is 23.2. The molecule has 0 aromatic heterocycles. The summed E-state index contributed by atoms with van der Waals surface area (Å²) in [6.45, 7) is 10.8. The highest BCUT2D eigenvalue weighted by atomic mass is 16.2. The second-order valence-corrected chi connectivity index (χ2v) is 12.0. The fourth-order valence-corrected chi connectivity index (χ4v) is 5.18. The Balaban J connectivity index is 1.74. The Morgan fingerprint density at radius 1 is 1.05 bits per heavy atom. The van der Waals surface area contributed by atoms with Crippen LogP contribution in [0.1, 0.15) is 78.7 Å². The molecular formula is C30H45N3O4. The van der Waals surface area contributed by atoms with Crippen molar-refractivity contribution in [1.82, 2.24) is 15.5 Å². The molecule has 2 amide bonds. The summed E-state index contributed by atoms with van der Waals surface area (Å²) in [5.41, 5.74) is 0.628. The minimum Gasteiger partial charge on any atom is -0.346 e. The molecule has 0 radical (unpaired) electrons. The van der Waals surface area contributed by atoms with Crippen molar-refractivity contribution in [3.05, 3.63) is 35.9 Å². The summed E-state index contributed by atoms with van der Waals surface area (Å²) < 4.78 is 0. The molecule has 3 atom stereocenters. The highest BCUT2D eigenvalue weighted by molar-refractivity contribution is 5.97. The van der Waals surface area contributed by atoms with Gasteiger partial charge in [-0.05, 0) is 50.0 Å². The van der Waals surface area contributed by atoms with Crippen LogP contribution in [-0.2, 0) is 25.6 Å². The van der Waals surface area contributed by atoms with Gasteiger partial charge in [0.15, 0.2) is 11.6 Å². The second kappa shape index (κ2) is 12.8. The summed E-state index contributed by atoms with van der Waals surface area (Å²) in [5.74, 6) is -0.650. The first-order valence-electron chi connectivity index (χ1n) is 13.9. The Labute approximate surface area is 222 Å². The van der Waals surface area contributed by atoms with Crippen molar-refractivity contribution in [2.75, 3.05) is 13.1 Å². The lowest BCUT2D eigenvalue weighted by Gasteiger charge is -2.28. The Hall–Kier alpha value is -2.54. The number of Topliss-reactive ketones (excluding diaryl/α,β-unsaturated/α-hetero) is 2. The summed E-state index contributed by atoms with van der Waals surface area (Å²) in [4.78, 5) is 54.8. The van der Waals surface area contributed by atoms with Crippen molar-refractivity contribution in [2.45, 2.75) is 97.7 Å². The fraction of sp³-hybridized carbons (Fsp3) is 0.667. The summed E-state index contributed by atoms with van der Waals surface area (Å²) in [7, 11) is 0. The molecule has 37 heavy (non-hydrogen) atoms. The van der Waals surface area contributed by atoms with Gasteiger partial charge in [0, 0.05) is 30.3 Å². The van der Waals surface area contributed by atoms with Gasteiger partial charge in [0.05, 0.1) is 18.6 Å². The second-order valence-electron chi connectivity index (χ2n) is 12.0. The third-order valence-corrected chi connectivity index (χ3v) is 7.68. The molecular weight excluding hydrogens is 466 g/mol. The van der Waals surface area contributed by atoms with Crippen LogP contribution in [0.3, 0.4) is 0 Å². The van der Waals surface area contributed by atoms with Crippen molar-refractivity contribution < 1.29 is 19.2 Å². The summed E-state index contributed by atoms with van der Waals surface area (Å²) >= 11 is 0. The number of hydrogen-bond donors (Lipinski definition) is 2. The monoisotopic (exact) mass is 511 g/mol. The minimum absolute atomic E-state index is 0.0483. The number of benzene rings is 1. The first kappa shape index (κ1) is 29.0. The lowest BCUT2D eigenvalue weighted by Crippen LogP contribution is -2.49. The molecule has 1 aliphatic heterocycles. The van der Waals surface area contributed by atoms with Crippen LogP contribution >= 0.6 is 0 Å². The van der Waals surface area contributed by atoms with E-state index in [-0.39, 0.29) is 53.7 Å². The van der Waals surface area contributed by atoms with Crippen molar-refractivity contribution in [3.63, 3.8) is 0 Å². The van der Waals surface area contributed by atoms with Gasteiger partial charge in [0.2, 0.25) is 11.8 Å². The van der Waals surface area contributed by atoms with Crippen LogP contribution in [0.5, 0.6) is 0 Å². The van der Waals surface area contributed by atoms with Crippen LogP contribution in [0.15, 0.2) is 30.3 Å². The molecule has 3 rings (SSSR count). The van der Waals surface area contributed by atoms with E-state index in [1.807, 2.05) is 65.0 Å². The number of rotatable bonds is 14. The van der Waals surface area contributed by atoms with E-state index in [2.05, 4.69) is 10.6 Å². The van der Waals surface area contributed by atoms with Crippen molar-refractivity contribution in [2.24, 2.45) is 17.3 Å². The van der Waals surface area contributed by atoms with E-state index in [1.54, 1.807) is 4.90 Å². The van der Waals surface area contributed by atoms with Crippen molar-refractivity contribution in [1.29, 1.82) is 0 Å². The third-order valence-electron chi connectivity index (χ3n) is 7.68. The molecule has 1 saturated carbocycles. The molecule has 2 N–H and O–H groups in total. The van der Waals surface area contributed by atoms with Crippen LogP contribution in [0, 0.1) is 17.3 Å². The molecule has 1 aromatic carbocycles. The number of carbonyl (C=O) groups is 4. The van der Waals surface area contributed by atoms with E-state index < -0.39 is 18.0 Å². The molecule has 0 spiro atoms. The van der Waals surface area contributed by atoms with E-state index in [9.17, 15) is 19.2 Å². The molecule has 0 bridgehead atoms. The van der Waals surface area contributed by atoms with Gasteiger partial charge in [-0.15, -0.1) is 0 Å². The van der Waals surface area contributed by atoms with E-state index in [4.69, 9.17) is 0 Å². The average molecular weight is 512 g/mol. The van der Waals surface area contributed by atoms with Crippen LogP contribution in [0.2, 0.25) is 0 Å². The lowest BCUT2D eigenvalue weighted by molar-refractivity contribution is -0.138. The smallest absolute Gasteiger partial charge is 0.237 e. The first-order valence-corrected chi connectivity index (χ1v) is 13.9. The van der Waals surface area contributed by atoms with Gasteiger partial charge < -0.3 is 15.5 Å². The average Bonchev–Trinajstić information content (AvgIpc) is 3.40. The van der Waals surface area contributed by atoms with E-state index >= 15 is 0 Å². The van der Waals surface area contributed by atoms with Gasteiger partial charge >= 0.3 is 0 Å². The fourth-order valence-electron chi connectivity index (χ4n) is 5.18. The van der Waals surface area contributed by atoms with Gasteiger partial charge in [-0.3, -0.25) is 19.2 Å². The molecule has 1 aromatic rings. The third kappa shape index (κ3) is 8.22. The minimum atomic E-state index is -0.601. The van der Waals surface area contributed by atoms with Gasteiger partial charge in [-0.2, -0.15) is 0 Å². The Morgan fingerprint density at radius 2 is 1.73 bits per heavy atom. The van der Waals surface area contributed by atoms with Crippen molar-refractivity contribution >= 4 is 23.4 Å². The maximum Gasteiger partial charge on any atom is 0.237 e. The Morgan fingerprint density at radius 3 is 2.32 bits per heavy atom. The number of carbonyl (C=O) groups excluding carboxylic acids is 4. The number of ketones is 2. The number of amides is 2. The van der Waals surface area contributed by atoms with Gasteiger partial charge in [0.1, 0.15) is 0 Å². The Kier molecular flexibility index (Phi) is 10.0. The molecule has 1 heterocycles. The largest absolute Gasteiger partial charge is 0.346 e. The molecule has 2 fully saturated rings. The molecule has 0 unspecified atom stereocenters. The van der Waals surface area contributed by atoms with E-state index in [1.165, 1.54) is 0 Å². The maximum atomic E-state index is 13.6.